The van der Waals surface area contributed by atoms with Gasteiger partial charge in [-0.1, -0.05) is 209 Å². The van der Waals surface area contributed by atoms with Crippen LogP contribution in [0.4, 0.5) is 23.0 Å². The Bertz CT molecular complexity index is 4850. The molecule has 4 unspecified atom stereocenters. The molecule has 0 radical (unpaired) electrons. The topological polar surface area (TPSA) is 32.3 Å². The van der Waals surface area contributed by atoms with Gasteiger partial charge in [0.2, 0.25) is 0 Å². The summed E-state index contributed by atoms with van der Waals surface area (Å²) in [6.07, 6.45) is 13.3. The Morgan fingerprint density at radius 2 is 0.663 bits per heavy atom. The first-order valence-electron chi connectivity index (χ1n) is 31.5. The number of hydrogen-bond donors (Lipinski definition) is 0. The molecule has 4 atom stereocenters. The van der Waals surface area contributed by atoms with Crippen molar-refractivity contribution in [3.63, 3.8) is 0 Å². The van der Waals surface area contributed by atoms with Crippen molar-refractivity contribution in [1.29, 1.82) is 0 Å². The predicted octanol–water partition coefficient (Wildman–Crippen LogP) is 22.1. The van der Waals surface area contributed by atoms with E-state index in [1.165, 1.54) is 168 Å². The van der Waals surface area contributed by atoms with Crippen LogP contribution in [0, 0.1) is 0 Å². The third-order valence-corrected chi connectivity index (χ3v) is 22.6. The maximum absolute atomic E-state index is 5.26. The Labute approximate surface area is 502 Å². The second-order valence-electron chi connectivity index (χ2n) is 26.5. The molecule has 0 saturated heterocycles. The molecule has 86 heavy (non-hydrogen) atoms. The Balaban J connectivity index is 0.926. The lowest BCUT2D eigenvalue weighted by molar-refractivity contribution is 0.194. The van der Waals surface area contributed by atoms with Crippen LogP contribution >= 0.6 is 0 Å². The standard InChI is InChI=1S/C82H66N4/c1-79-41-13-15-43-81(79,3)85(77-59-27-11-7-21-53(59)39-45-83-77)73-37-31-55(47-71(73)79)67-49-69(61-29-17-23-51-19-5-9-25-57(51)61)65-36-34-64-68(50-70(66-35-33-63(67)75(65)76(64)66)62-30-18-24-52-20-6-10-26-58(52)62)56-32-38-74-72(48-56)80(2)42-14-16-44-82(80,4)86(74)78-60-28-12-8-22-54(60)40-46-84-78/h5-12,17-40,45-50H,13-16,41-44H2,1-4H3. The summed E-state index contributed by atoms with van der Waals surface area (Å²) in [4.78, 5) is 15.8. The summed E-state index contributed by atoms with van der Waals surface area (Å²) in [7, 11) is 0. The summed E-state index contributed by atoms with van der Waals surface area (Å²) >= 11 is 0. The highest BCUT2D eigenvalue weighted by Gasteiger charge is 2.60. The third kappa shape index (κ3) is 6.65. The van der Waals surface area contributed by atoms with Gasteiger partial charge in [-0.2, -0.15) is 0 Å². The molecule has 0 spiro atoms. The molecule has 14 aromatic rings. The van der Waals surface area contributed by atoms with Crippen LogP contribution in [0.15, 0.2) is 231 Å². The van der Waals surface area contributed by atoms with Gasteiger partial charge in [0.25, 0.3) is 0 Å². The fourth-order valence-electron chi connectivity index (χ4n) is 17.9. The molecule has 0 bridgehead atoms. The number of rotatable bonds is 6. The summed E-state index contributed by atoms with van der Waals surface area (Å²) in [5, 5.41) is 17.6. The first kappa shape index (κ1) is 50.0. The van der Waals surface area contributed by atoms with E-state index < -0.39 is 0 Å². The molecule has 4 aliphatic rings. The van der Waals surface area contributed by atoms with Gasteiger partial charge >= 0.3 is 0 Å². The molecule has 18 rings (SSSR count). The molecule has 4 nitrogen and oxygen atoms in total. The van der Waals surface area contributed by atoms with E-state index in [1.54, 1.807) is 0 Å². The van der Waals surface area contributed by atoms with Gasteiger partial charge in [-0.25, -0.2) is 9.97 Å². The highest BCUT2D eigenvalue weighted by Crippen LogP contribution is 2.64. The summed E-state index contributed by atoms with van der Waals surface area (Å²) in [6.45, 7) is 10.2. The van der Waals surface area contributed by atoms with Gasteiger partial charge in [-0.3, -0.25) is 0 Å². The Morgan fingerprint density at radius 1 is 0.302 bits per heavy atom. The number of aromatic nitrogens is 2. The minimum atomic E-state index is -0.162. The van der Waals surface area contributed by atoms with Crippen molar-refractivity contribution in [1.82, 2.24) is 9.97 Å². The summed E-state index contributed by atoms with van der Waals surface area (Å²) in [6, 6.07) is 83.6. The molecule has 2 fully saturated rings. The van der Waals surface area contributed by atoms with E-state index in [1.807, 2.05) is 12.4 Å². The maximum Gasteiger partial charge on any atom is 0.141 e. The van der Waals surface area contributed by atoms with Gasteiger partial charge in [0.1, 0.15) is 11.6 Å². The Morgan fingerprint density at radius 3 is 1.09 bits per heavy atom. The number of benzene rings is 12. The van der Waals surface area contributed by atoms with Crippen molar-refractivity contribution < 1.29 is 0 Å². The SMILES string of the molecule is CC12CCCCC1(C)N(c1nccc3ccccc13)c1ccc(-c3cc(-c4cccc5ccccc45)c4ccc5c(-c6ccc7c(c6)C6(C)CCCCC6(C)N7c6nccc7ccccc67)cc(-c6cccc7ccccc67)c6ccc3c4c56)cc12. The molecular formula is C82H66N4. The molecular weight excluding hydrogens is 1040 g/mol. The quantitative estimate of drug-likeness (QED) is 0.155. The fraction of sp³-hybridized carbons (Fsp3) is 0.195. The zero-order valence-electron chi connectivity index (χ0n) is 49.4. The second kappa shape index (κ2) is 18.1. The molecule has 12 aromatic carbocycles. The van der Waals surface area contributed by atoms with Crippen molar-refractivity contribution in [2.24, 2.45) is 0 Å². The third-order valence-electron chi connectivity index (χ3n) is 22.6. The lowest BCUT2D eigenvalue weighted by atomic mass is 9.61. The molecule has 4 heteroatoms. The molecule has 0 amide bonds. The normalized spacial score (nSPS) is 21.7. The molecule has 2 aromatic heterocycles. The lowest BCUT2D eigenvalue weighted by Crippen LogP contribution is -2.54. The van der Waals surface area contributed by atoms with E-state index >= 15 is 0 Å². The fourth-order valence-corrected chi connectivity index (χ4v) is 17.9. The Kier molecular flexibility index (Phi) is 10.5. The van der Waals surface area contributed by atoms with E-state index in [0.29, 0.717) is 0 Å². The Hall–Kier alpha value is -9.38. The average Bonchev–Trinajstić information content (AvgIpc) is 1.43. The van der Waals surface area contributed by atoms with Crippen LogP contribution in [0.5, 0.6) is 0 Å². The van der Waals surface area contributed by atoms with E-state index in [9.17, 15) is 0 Å². The molecule has 0 N–H and O–H groups in total. The van der Waals surface area contributed by atoms with Crippen LogP contribution in [-0.4, -0.2) is 21.0 Å². The first-order chi connectivity index (χ1) is 42.1. The van der Waals surface area contributed by atoms with Crippen LogP contribution < -0.4 is 9.80 Å². The minimum Gasteiger partial charge on any atom is -0.319 e. The van der Waals surface area contributed by atoms with E-state index in [-0.39, 0.29) is 21.9 Å². The van der Waals surface area contributed by atoms with Crippen molar-refractivity contribution in [3.8, 4) is 44.5 Å². The van der Waals surface area contributed by atoms with Gasteiger partial charge in [0, 0.05) is 45.4 Å². The maximum atomic E-state index is 5.26. The van der Waals surface area contributed by atoms with Crippen LogP contribution in [0.25, 0.3) is 120 Å². The highest BCUT2D eigenvalue weighted by molar-refractivity contribution is 6.33. The largest absolute Gasteiger partial charge is 0.319 e. The van der Waals surface area contributed by atoms with Crippen LogP contribution in [0.3, 0.4) is 0 Å². The number of pyridine rings is 2. The zero-order valence-corrected chi connectivity index (χ0v) is 49.4. The molecule has 2 aliphatic heterocycles. The van der Waals surface area contributed by atoms with E-state index in [2.05, 4.69) is 256 Å². The monoisotopic (exact) mass is 1110 g/mol. The average molecular weight is 1110 g/mol. The number of hydrogen-bond acceptors (Lipinski definition) is 4. The van der Waals surface area contributed by atoms with E-state index in [0.717, 1.165) is 37.3 Å². The zero-order chi connectivity index (χ0) is 57.3. The van der Waals surface area contributed by atoms with Gasteiger partial charge in [0.15, 0.2) is 0 Å². The van der Waals surface area contributed by atoms with Crippen molar-refractivity contribution in [2.45, 2.75) is 101 Å². The first-order valence-corrected chi connectivity index (χ1v) is 31.5. The second-order valence-corrected chi connectivity index (χ2v) is 26.5. The summed E-state index contributed by atoms with van der Waals surface area (Å²) in [5.41, 5.74) is 15.0. The number of fused-ring (bicyclic) bond motifs is 10. The molecule has 2 aliphatic carbocycles. The lowest BCUT2D eigenvalue weighted by Gasteiger charge is -2.50. The minimum absolute atomic E-state index is 0.107. The summed E-state index contributed by atoms with van der Waals surface area (Å²) in [5.74, 6) is 2.13. The van der Waals surface area contributed by atoms with Crippen LogP contribution in [0.2, 0.25) is 0 Å². The molecule has 414 valence electrons. The van der Waals surface area contributed by atoms with Gasteiger partial charge < -0.3 is 9.80 Å². The smallest absolute Gasteiger partial charge is 0.141 e. The van der Waals surface area contributed by atoms with E-state index in [4.69, 9.17) is 9.97 Å². The van der Waals surface area contributed by atoms with Gasteiger partial charge in [-0.05, 0) is 208 Å². The van der Waals surface area contributed by atoms with Crippen LogP contribution in [-0.2, 0) is 10.8 Å². The predicted molar refractivity (Wildman–Crippen MR) is 363 cm³/mol. The molecule has 2 saturated carbocycles. The summed E-state index contributed by atoms with van der Waals surface area (Å²) < 4.78 is 0. The van der Waals surface area contributed by atoms with Gasteiger partial charge in [-0.15, -0.1) is 0 Å². The van der Waals surface area contributed by atoms with Gasteiger partial charge in [0.05, 0.1) is 11.1 Å². The van der Waals surface area contributed by atoms with Crippen LogP contribution in [0.1, 0.15) is 90.2 Å². The van der Waals surface area contributed by atoms with Crippen molar-refractivity contribution in [2.75, 3.05) is 9.80 Å². The number of nitrogens with zero attached hydrogens (tertiary/aromatic N) is 4. The van der Waals surface area contributed by atoms with Crippen molar-refractivity contribution in [3.05, 3.63) is 242 Å². The molecule has 4 heterocycles. The van der Waals surface area contributed by atoms with Crippen molar-refractivity contribution >= 4 is 98.4 Å². The number of anilines is 4. The highest BCUT2D eigenvalue weighted by atomic mass is 15.3.